The molecule has 0 aliphatic carbocycles. The molecule has 1 aliphatic heterocycles. The van der Waals surface area contributed by atoms with Gasteiger partial charge in [-0.2, -0.15) is 5.26 Å². The monoisotopic (exact) mass is 251 g/mol. The van der Waals surface area contributed by atoms with Gasteiger partial charge in [-0.15, -0.1) is 0 Å². The van der Waals surface area contributed by atoms with E-state index < -0.39 is 0 Å². The number of nitrogens with zero attached hydrogens (tertiary/aromatic N) is 3. The van der Waals surface area contributed by atoms with Crippen molar-refractivity contribution in [2.24, 2.45) is 5.92 Å². The molecule has 1 fully saturated rings. The number of halogens is 1. The van der Waals surface area contributed by atoms with E-state index in [0.29, 0.717) is 22.5 Å². The molecule has 2 heterocycles. The topological polar surface area (TPSA) is 60.2 Å². The van der Waals surface area contributed by atoms with Crippen molar-refractivity contribution in [3.8, 4) is 6.07 Å². The maximum Gasteiger partial charge on any atom is 0.132 e. The van der Waals surface area contributed by atoms with Gasteiger partial charge in [-0.3, -0.25) is 0 Å². The molecular weight excluding hydrogens is 238 g/mol. The van der Waals surface area contributed by atoms with Gasteiger partial charge in [-0.05, 0) is 24.5 Å². The Morgan fingerprint density at radius 1 is 1.65 bits per heavy atom. The van der Waals surface area contributed by atoms with Crippen molar-refractivity contribution in [2.75, 3.05) is 18.1 Å². The lowest BCUT2D eigenvalue weighted by Crippen LogP contribution is -2.35. The summed E-state index contributed by atoms with van der Waals surface area (Å²) in [5, 5.41) is 18.6. The second kappa shape index (κ2) is 4.91. The summed E-state index contributed by atoms with van der Waals surface area (Å²) in [5.74, 6) is 1.10. The number of pyridine rings is 1. The summed E-state index contributed by atoms with van der Waals surface area (Å²) >= 11 is 5.88. The molecule has 1 aromatic rings. The summed E-state index contributed by atoms with van der Waals surface area (Å²) in [6, 6.07) is 5.38. The van der Waals surface area contributed by atoms with Gasteiger partial charge in [0.05, 0.1) is 24.3 Å². The Kier molecular flexibility index (Phi) is 3.51. The fourth-order valence-corrected chi connectivity index (χ4v) is 2.47. The number of rotatable bonds is 2. The van der Waals surface area contributed by atoms with Crippen molar-refractivity contribution in [1.29, 1.82) is 5.26 Å². The van der Waals surface area contributed by atoms with Crippen molar-refractivity contribution >= 4 is 17.4 Å². The van der Waals surface area contributed by atoms with Crippen LogP contribution in [0.25, 0.3) is 0 Å². The second-order valence-corrected chi connectivity index (χ2v) is 4.75. The van der Waals surface area contributed by atoms with Gasteiger partial charge in [0.25, 0.3) is 0 Å². The Balaban J connectivity index is 2.34. The molecule has 1 aromatic heterocycles. The molecule has 0 saturated carbocycles. The predicted molar refractivity (Wildman–Crippen MR) is 66.0 cm³/mol. The molecule has 0 amide bonds. The van der Waals surface area contributed by atoms with E-state index in [0.717, 1.165) is 13.0 Å². The molecule has 1 aliphatic rings. The van der Waals surface area contributed by atoms with E-state index in [1.54, 1.807) is 12.1 Å². The maximum absolute atomic E-state index is 9.40. The van der Waals surface area contributed by atoms with Crippen LogP contribution in [-0.4, -0.2) is 29.3 Å². The Morgan fingerprint density at radius 2 is 2.41 bits per heavy atom. The van der Waals surface area contributed by atoms with Gasteiger partial charge in [0.15, 0.2) is 0 Å². The van der Waals surface area contributed by atoms with Crippen LogP contribution in [0.4, 0.5) is 5.82 Å². The summed E-state index contributed by atoms with van der Waals surface area (Å²) in [5.41, 5.74) is 0.497. The lowest BCUT2D eigenvalue weighted by molar-refractivity contribution is 0.244. The minimum Gasteiger partial charge on any atom is -0.394 e. The molecule has 90 valence electrons. The van der Waals surface area contributed by atoms with Crippen molar-refractivity contribution in [2.45, 2.75) is 19.4 Å². The molecule has 0 spiro atoms. The van der Waals surface area contributed by atoms with E-state index in [-0.39, 0.29) is 12.6 Å². The van der Waals surface area contributed by atoms with Crippen LogP contribution in [0.3, 0.4) is 0 Å². The van der Waals surface area contributed by atoms with E-state index >= 15 is 0 Å². The van der Waals surface area contributed by atoms with Crippen LogP contribution in [-0.2, 0) is 0 Å². The van der Waals surface area contributed by atoms with Crippen molar-refractivity contribution < 1.29 is 5.11 Å². The molecule has 2 unspecified atom stereocenters. The normalized spacial score (nSPS) is 23.8. The fourth-order valence-electron chi connectivity index (χ4n) is 2.27. The number of aliphatic hydroxyl groups is 1. The molecule has 1 N–H and O–H groups in total. The van der Waals surface area contributed by atoms with Crippen LogP contribution in [0.5, 0.6) is 0 Å². The zero-order valence-electron chi connectivity index (χ0n) is 9.60. The van der Waals surface area contributed by atoms with E-state index in [4.69, 9.17) is 16.9 Å². The number of aromatic nitrogens is 1. The molecule has 0 radical (unpaired) electrons. The van der Waals surface area contributed by atoms with Crippen molar-refractivity contribution in [3.63, 3.8) is 0 Å². The van der Waals surface area contributed by atoms with Crippen LogP contribution < -0.4 is 4.90 Å². The third kappa shape index (κ3) is 2.36. The lowest BCUT2D eigenvalue weighted by Gasteiger charge is -2.26. The molecule has 4 nitrogen and oxygen atoms in total. The molecule has 2 atom stereocenters. The maximum atomic E-state index is 9.40. The Bertz CT molecular complexity index is 458. The van der Waals surface area contributed by atoms with Gasteiger partial charge in [0.2, 0.25) is 0 Å². The van der Waals surface area contributed by atoms with Gasteiger partial charge >= 0.3 is 0 Å². The average Bonchev–Trinajstić information content (AvgIpc) is 2.69. The lowest BCUT2D eigenvalue weighted by atomic mass is 10.0. The van der Waals surface area contributed by atoms with Gasteiger partial charge in [-0.25, -0.2) is 4.98 Å². The van der Waals surface area contributed by atoms with Crippen LogP contribution in [0.1, 0.15) is 18.9 Å². The highest BCUT2D eigenvalue weighted by Crippen LogP contribution is 2.29. The zero-order chi connectivity index (χ0) is 12.4. The minimum absolute atomic E-state index is 0.0625. The second-order valence-electron chi connectivity index (χ2n) is 4.36. The third-order valence-electron chi connectivity index (χ3n) is 3.27. The first-order valence-electron chi connectivity index (χ1n) is 5.61. The molecule has 5 heteroatoms. The van der Waals surface area contributed by atoms with Crippen molar-refractivity contribution in [3.05, 3.63) is 22.8 Å². The highest BCUT2D eigenvalue weighted by atomic mass is 35.5. The fraction of sp³-hybridized carbons (Fsp3) is 0.500. The van der Waals surface area contributed by atoms with Gasteiger partial charge in [0.1, 0.15) is 11.0 Å². The first-order chi connectivity index (χ1) is 8.15. The van der Waals surface area contributed by atoms with Crippen LogP contribution in [0, 0.1) is 17.2 Å². The Hall–Kier alpha value is -1.31. The highest BCUT2D eigenvalue weighted by Gasteiger charge is 2.31. The summed E-state index contributed by atoms with van der Waals surface area (Å²) in [6.07, 6.45) is 1.02. The van der Waals surface area contributed by atoms with E-state index in [1.165, 1.54) is 0 Å². The number of hydrogen-bond acceptors (Lipinski definition) is 4. The summed E-state index contributed by atoms with van der Waals surface area (Å²) in [7, 11) is 0. The van der Waals surface area contributed by atoms with Gasteiger partial charge < -0.3 is 10.0 Å². The van der Waals surface area contributed by atoms with E-state index in [1.807, 2.05) is 4.90 Å². The first kappa shape index (κ1) is 12.2. The summed E-state index contributed by atoms with van der Waals surface area (Å²) in [6.45, 7) is 3.04. The third-order valence-corrected chi connectivity index (χ3v) is 3.47. The molecule has 0 bridgehead atoms. The summed E-state index contributed by atoms with van der Waals surface area (Å²) < 4.78 is 0. The summed E-state index contributed by atoms with van der Waals surface area (Å²) in [4.78, 5) is 6.25. The molecule has 17 heavy (non-hydrogen) atoms. The van der Waals surface area contributed by atoms with Gasteiger partial charge in [0, 0.05) is 6.54 Å². The average molecular weight is 252 g/mol. The SMILES string of the molecule is CC1CCN(c2cc(C#N)cc(Cl)n2)C1CO. The standard InChI is InChI=1S/C12H14ClN3O/c1-8-2-3-16(10(8)7-17)12-5-9(6-14)4-11(13)15-12/h4-5,8,10,17H,2-3,7H2,1H3. The highest BCUT2D eigenvalue weighted by molar-refractivity contribution is 6.29. The van der Waals surface area contributed by atoms with E-state index in [9.17, 15) is 5.11 Å². The first-order valence-corrected chi connectivity index (χ1v) is 5.98. The van der Waals surface area contributed by atoms with Crippen LogP contribution in [0.15, 0.2) is 12.1 Å². The number of anilines is 1. The molecular formula is C12H14ClN3O. The Morgan fingerprint density at radius 3 is 3.06 bits per heavy atom. The van der Waals surface area contributed by atoms with Gasteiger partial charge in [-0.1, -0.05) is 18.5 Å². The number of aliphatic hydroxyl groups excluding tert-OH is 1. The Labute approximate surface area is 105 Å². The smallest absolute Gasteiger partial charge is 0.132 e. The number of hydrogen-bond donors (Lipinski definition) is 1. The number of nitriles is 1. The van der Waals surface area contributed by atoms with Crippen LogP contribution in [0.2, 0.25) is 5.15 Å². The predicted octanol–water partition coefficient (Wildman–Crippen LogP) is 1.81. The molecule has 0 aromatic carbocycles. The van der Waals surface area contributed by atoms with Crippen molar-refractivity contribution in [1.82, 2.24) is 4.98 Å². The minimum atomic E-state index is 0.0625. The van der Waals surface area contributed by atoms with E-state index in [2.05, 4.69) is 18.0 Å². The molecule has 1 saturated heterocycles. The quantitative estimate of drug-likeness (QED) is 0.815. The zero-order valence-corrected chi connectivity index (χ0v) is 10.4. The van der Waals surface area contributed by atoms with Crippen LogP contribution >= 0.6 is 11.6 Å². The largest absolute Gasteiger partial charge is 0.394 e. The molecule has 2 rings (SSSR count).